The number of likely N-dealkylation sites (N-methyl/N-ethyl adjacent to an activating group) is 1. The van der Waals surface area contributed by atoms with E-state index in [4.69, 9.17) is 4.74 Å². The van der Waals surface area contributed by atoms with E-state index < -0.39 is 35.0 Å². The number of benzene rings is 3. The predicted octanol–water partition coefficient (Wildman–Crippen LogP) is 5.38. The van der Waals surface area contributed by atoms with Crippen LogP contribution in [0, 0.1) is 23.3 Å². The van der Waals surface area contributed by atoms with Crippen molar-refractivity contribution in [1.82, 2.24) is 9.80 Å². The van der Waals surface area contributed by atoms with Gasteiger partial charge >= 0.3 is 0 Å². The van der Waals surface area contributed by atoms with Crippen molar-refractivity contribution in [2.24, 2.45) is 0 Å². The van der Waals surface area contributed by atoms with Crippen LogP contribution in [0.3, 0.4) is 0 Å². The third kappa shape index (κ3) is 7.00. The number of ether oxygens (including phenoxy) is 1. The maximum absolute atomic E-state index is 13.8. The van der Waals surface area contributed by atoms with Gasteiger partial charge in [-0.1, -0.05) is 18.2 Å². The number of carbonyl (C=O) groups is 2. The van der Waals surface area contributed by atoms with Crippen LogP contribution < -0.4 is 4.74 Å². The molecule has 39 heavy (non-hydrogen) atoms. The summed E-state index contributed by atoms with van der Waals surface area (Å²) in [5, 5.41) is 0. The molecule has 0 aliphatic carbocycles. The number of rotatable bonds is 7. The fourth-order valence-electron chi connectivity index (χ4n) is 4.04. The maximum atomic E-state index is 13.8. The number of ketones is 1. The molecule has 3 aromatic carbocycles. The highest BCUT2D eigenvalue weighted by Gasteiger charge is 2.30. The standard InChI is InChI=1S/C30H26F4N2O3/c1-35(2)10-11-39-24-5-3-4-21(16-24)30(38)36-17-22(12-19-6-8-25(31)27(33)14-19)29(37)23(18-36)13-20-7-9-26(32)28(34)15-20/h3-9,12-16H,10-11,17-18H2,1-2H3. The van der Waals surface area contributed by atoms with Gasteiger partial charge in [0.05, 0.1) is 13.1 Å². The van der Waals surface area contributed by atoms with Gasteiger partial charge in [-0.25, -0.2) is 17.6 Å². The largest absolute Gasteiger partial charge is 0.492 e. The van der Waals surface area contributed by atoms with Crippen LogP contribution in [-0.2, 0) is 4.79 Å². The Morgan fingerprint density at radius 1 is 0.846 bits per heavy atom. The number of hydrogen-bond acceptors (Lipinski definition) is 4. The van der Waals surface area contributed by atoms with Crippen molar-refractivity contribution in [2.45, 2.75) is 0 Å². The highest BCUT2D eigenvalue weighted by molar-refractivity contribution is 6.15. The van der Waals surface area contributed by atoms with E-state index in [1.165, 1.54) is 29.2 Å². The van der Waals surface area contributed by atoms with Crippen molar-refractivity contribution < 1.29 is 31.9 Å². The van der Waals surface area contributed by atoms with Crippen LogP contribution in [0.4, 0.5) is 17.6 Å². The summed E-state index contributed by atoms with van der Waals surface area (Å²) in [7, 11) is 3.83. The SMILES string of the molecule is CN(C)CCOc1cccc(C(=O)N2CC(=Cc3ccc(F)c(F)c3)C(=O)C(=Cc3ccc(F)c(F)c3)C2)c1. The van der Waals surface area contributed by atoms with Crippen LogP contribution >= 0.6 is 0 Å². The number of nitrogens with zero attached hydrogens (tertiary/aromatic N) is 2. The van der Waals surface area contributed by atoms with Gasteiger partial charge in [-0.05, 0) is 79.8 Å². The first-order valence-corrected chi connectivity index (χ1v) is 12.1. The second-order valence-electron chi connectivity index (χ2n) is 9.36. The van der Waals surface area contributed by atoms with Gasteiger partial charge in [-0.3, -0.25) is 9.59 Å². The third-order valence-corrected chi connectivity index (χ3v) is 6.05. The fourth-order valence-corrected chi connectivity index (χ4v) is 4.04. The molecule has 9 heteroatoms. The Morgan fingerprint density at radius 3 is 1.92 bits per heavy atom. The van der Waals surface area contributed by atoms with E-state index in [-0.39, 0.29) is 35.4 Å². The van der Waals surface area contributed by atoms with Gasteiger partial charge in [0, 0.05) is 23.3 Å². The Labute approximate surface area is 223 Å². The summed E-state index contributed by atoms with van der Waals surface area (Å²) >= 11 is 0. The normalized spacial score (nSPS) is 15.9. The van der Waals surface area contributed by atoms with E-state index in [2.05, 4.69) is 0 Å². The van der Waals surface area contributed by atoms with Crippen LogP contribution in [0.1, 0.15) is 21.5 Å². The molecule has 1 fully saturated rings. The lowest BCUT2D eigenvalue weighted by Crippen LogP contribution is -2.41. The van der Waals surface area contributed by atoms with Crippen molar-refractivity contribution >= 4 is 23.8 Å². The van der Waals surface area contributed by atoms with Crippen LogP contribution in [0.25, 0.3) is 12.2 Å². The number of likely N-dealkylation sites (tertiary alicyclic amines) is 1. The summed E-state index contributed by atoms with van der Waals surface area (Å²) < 4.78 is 60.2. The van der Waals surface area contributed by atoms with Gasteiger partial charge in [-0.15, -0.1) is 0 Å². The molecule has 1 amide bonds. The van der Waals surface area contributed by atoms with Crippen molar-refractivity contribution in [2.75, 3.05) is 40.3 Å². The minimum atomic E-state index is -1.08. The molecular formula is C30H26F4N2O3. The van der Waals surface area contributed by atoms with Gasteiger partial charge in [0.25, 0.3) is 5.91 Å². The molecule has 1 aliphatic heterocycles. The molecule has 202 valence electrons. The molecule has 3 aromatic rings. The molecule has 0 bridgehead atoms. The second kappa shape index (κ2) is 12.1. The van der Waals surface area contributed by atoms with Crippen molar-refractivity contribution in [3.05, 3.63) is 112 Å². The van der Waals surface area contributed by atoms with E-state index in [0.29, 0.717) is 24.5 Å². The third-order valence-electron chi connectivity index (χ3n) is 6.05. The van der Waals surface area contributed by atoms with Crippen molar-refractivity contribution in [3.8, 4) is 5.75 Å². The van der Waals surface area contributed by atoms with E-state index in [1.807, 2.05) is 19.0 Å². The Kier molecular flexibility index (Phi) is 8.61. The van der Waals surface area contributed by atoms with E-state index >= 15 is 0 Å². The molecule has 0 saturated carbocycles. The average Bonchev–Trinajstić information content (AvgIpc) is 2.90. The lowest BCUT2D eigenvalue weighted by Gasteiger charge is -2.30. The molecule has 1 saturated heterocycles. The summed E-state index contributed by atoms with van der Waals surface area (Å²) in [6.07, 6.45) is 2.76. The zero-order valence-corrected chi connectivity index (χ0v) is 21.4. The van der Waals surface area contributed by atoms with Gasteiger partial charge in [0.15, 0.2) is 29.1 Å². The highest BCUT2D eigenvalue weighted by atomic mass is 19.2. The summed E-state index contributed by atoms with van der Waals surface area (Å²) in [5.41, 5.74) is 1.08. The summed E-state index contributed by atoms with van der Waals surface area (Å²) in [4.78, 5) is 30.2. The molecule has 0 unspecified atom stereocenters. The van der Waals surface area contributed by atoms with Gasteiger partial charge in [0.1, 0.15) is 12.4 Å². The zero-order valence-electron chi connectivity index (χ0n) is 21.4. The highest BCUT2D eigenvalue weighted by Crippen LogP contribution is 2.25. The predicted molar refractivity (Wildman–Crippen MR) is 140 cm³/mol. The van der Waals surface area contributed by atoms with Crippen LogP contribution in [0.15, 0.2) is 71.8 Å². The second-order valence-corrected chi connectivity index (χ2v) is 9.36. The number of carbonyl (C=O) groups excluding carboxylic acids is 2. The fraction of sp³-hybridized carbons (Fsp3) is 0.200. The number of halogens is 4. The molecule has 0 atom stereocenters. The molecule has 0 N–H and O–H groups in total. The first-order valence-electron chi connectivity index (χ1n) is 12.1. The molecule has 5 nitrogen and oxygen atoms in total. The minimum absolute atomic E-state index is 0.0997. The zero-order chi connectivity index (χ0) is 28.1. The minimum Gasteiger partial charge on any atom is -0.492 e. The van der Waals surface area contributed by atoms with E-state index in [1.54, 1.807) is 24.3 Å². The van der Waals surface area contributed by atoms with Gasteiger partial charge in [0.2, 0.25) is 0 Å². The quantitative estimate of drug-likeness (QED) is 0.300. The van der Waals surface area contributed by atoms with Crippen LogP contribution in [-0.4, -0.2) is 61.8 Å². The first kappa shape index (κ1) is 27.8. The number of piperidine rings is 1. The van der Waals surface area contributed by atoms with Crippen LogP contribution in [0.2, 0.25) is 0 Å². The first-order chi connectivity index (χ1) is 18.6. The molecular weight excluding hydrogens is 512 g/mol. The Balaban J connectivity index is 1.67. The number of Topliss-reactive ketones (excluding diaryl/α,β-unsaturated/α-hetero) is 1. The van der Waals surface area contributed by atoms with Crippen molar-refractivity contribution in [3.63, 3.8) is 0 Å². The summed E-state index contributed by atoms with van der Waals surface area (Å²) in [6.45, 7) is 0.906. The lowest BCUT2D eigenvalue weighted by atomic mass is 9.93. The molecule has 4 rings (SSSR count). The van der Waals surface area contributed by atoms with E-state index in [9.17, 15) is 27.2 Å². The Morgan fingerprint density at radius 2 is 1.41 bits per heavy atom. The maximum Gasteiger partial charge on any atom is 0.254 e. The molecule has 0 spiro atoms. The lowest BCUT2D eigenvalue weighted by molar-refractivity contribution is -0.113. The average molecular weight is 539 g/mol. The monoisotopic (exact) mass is 538 g/mol. The molecule has 1 heterocycles. The number of hydrogen-bond donors (Lipinski definition) is 0. The molecule has 1 aliphatic rings. The Hall–Kier alpha value is -4.24. The smallest absolute Gasteiger partial charge is 0.254 e. The summed E-state index contributed by atoms with van der Waals surface area (Å²) in [6, 6.07) is 13.0. The Bertz CT molecular complexity index is 1390. The molecule has 0 aromatic heterocycles. The van der Waals surface area contributed by atoms with Gasteiger partial charge in [-0.2, -0.15) is 0 Å². The van der Waals surface area contributed by atoms with E-state index in [0.717, 1.165) is 24.3 Å². The van der Waals surface area contributed by atoms with Gasteiger partial charge < -0.3 is 14.5 Å². The van der Waals surface area contributed by atoms with Crippen molar-refractivity contribution in [1.29, 1.82) is 0 Å². The number of amides is 1. The summed E-state index contributed by atoms with van der Waals surface area (Å²) in [5.74, 6) is -4.56. The van der Waals surface area contributed by atoms with Crippen LogP contribution in [0.5, 0.6) is 5.75 Å². The molecule has 0 radical (unpaired) electrons. The topological polar surface area (TPSA) is 49.9 Å².